The van der Waals surface area contributed by atoms with E-state index in [9.17, 15) is 4.79 Å². The molecule has 1 aliphatic heterocycles. The minimum absolute atomic E-state index is 0.148. The molecule has 2 atom stereocenters. The number of carbonyl (C=O) groups excluding carboxylic acids is 1. The Morgan fingerprint density at radius 3 is 2.43 bits per heavy atom. The maximum absolute atomic E-state index is 12.2. The highest BCUT2D eigenvalue weighted by Crippen LogP contribution is 2.38. The van der Waals surface area contributed by atoms with Gasteiger partial charge in [0.05, 0.1) is 7.11 Å². The van der Waals surface area contributed by atoms with Crippen molar-refractivity contribution in [2.75, 3.05) is 26.7 Å². The van der Waals surface area contributed by atoms with Crippen molar-refractivity contribution in [2.45, 2.75) is 39.3 Å². The Kier molecular flexibility index (Phi) is 6.74. The zero-order valence-corrected chi connectivity index (χ0v) is 17.5. The predicted molar refractivity (Wildman–Crippen MR) is 113 cm³/mol. The molecule has 0 saturated carbocycles. The molecule has 1 saturated heterocycles. The average Bonchev–Trinajstić information content (AvgIpc) is 3.08. The monoisotopic (exact) mass is 380 g/mol. The van der Waals surface area contributed by atoms with Gasteiger partial charge in [-0.2, -0.15) is 0 Å². The first kappa shape index (κ1) is 20.4. The molecule has 150 valence electrons. The van der Waals surface area contributed by atoms with E-state index in [2.05, 4.69) is 61.2 Å². The molecule has 0 aromatic heterocycles. The average molecular weight is 381 g/mol. The molecular weight excluding hydrogens is 348 g/mol. The van der Waals surface area contributed by atoms with E-state index >= 15 is 0 Å². The molecule has 28 heavy (non-hydrogen) atoms. The normalized spacial score (nSPS) is 19.8. The van der Waals surface area contributed by atoms with Gasteiger partial charge in [-0.1, -0.05) is 48.5 Å². The first-order valence-electron chi connectivity index (χ1n) is 10.2. The molecule has 0 spiro atoms. The van der Waals surface area contributed by atoms with Crippen molar-refractivity contribution >= 4 is 5.91 Å². The summed E-state index contributed by atoms with van der Waals surface area (Å²) in [6.07, 6.45) is 0. The Morgan fingerprint density at radius 1 is 1.11 bits per heavy atom. The van der Waals surface area contributed by atoms with Crippen LogP contribution < -0.4 is 4.74 Å². The number of hydrogen-bond donors (Lipinski definition) is 0. The molecule has 2 aromatic rings. The molecule has 4 nitrogen and oxygen atoms in total. The van der Waals surface area contributed by atoms with Gasteiger partial charge in [-0.3, -0.25) is 9.69 Å². The summed E-state index contributed by atoms with van der Waals surface area (Å²) in [5.74, 6) is 1.82. The summed E-state index contributed by atoms with van der Waals surface area (Å²) in [5, 5.41) is 0. The van der Waals surface area contributed by atoms with Gasteiger partial charge in [0.15, 0.2) is 0 Å². The van der Waals surface area contributed by atoms with Crippen molar-refractivity contribution in [1.29, 1.82) is 0 Å². The molecule has 2 aromatic carbocycles. The highest BCUT2D eigenvalue weighted by Gasteiger charge is 2.37. The summed E-state index contributed by atoms with van der Waals surface area (Å²) in [6, 6.07) is 19.1. The molecule has 0 bridgehead atoms. The van der Waals surface area contributed by atoms with Crippen LogP contribution in [-0.4, -0.2) is 48.5 Å². The third-order valence-corrected chi connectivity index (χ3v) is 5.76. The van der Waals surface area contributed by atoms with Crippen LogP contribution in [0.15, 0.2) is 54.6 Å². The lowest BCUT2D eigenvalue weighted by Gasteiger charge is -2.31. The summed E-state index contributed by atoms with van der Waals surface area (Å²) in [6.45, 7) is 9.53. The van der Waals surface area contributed by atoms with E-state index in [0.29, 0.717) is 11.8 Å². The van der Waals surface area contributed by atoms with E-state index in [0.717, 1.165) is 31.9 Å². The number of nitrogens with zero attached hydrogens (tertiary/aromatic N) is 2. The van der Waals surface area contributed by atoms with E-state index in [1.807, 2.05) is 17.0 Å². The number of rotatable bonds is 7. The van der Waals surface area contributed by atoms with Crippen molar-refractivity contribution in [3.05, 3.63) is 65.7 Å². The number of benzene rings is 2. The lowest BCUT2D eigenvalue weighted by atomic mass is 9.87. The minimum Gasteiger partial charge on any atom is -0.496 e. The van der Waals surface area contributed by atoms with Gasteiger partial charge in [-0.25, -0.2) is 0 Å². The van der Waals surface area contributed by atoms with E-state index < -0.39 is 0 Å². The van der Waals surface area contributed by atoms with Crippen LogP contribution >= 0.6 is 0 Å². The van der Waals surface area contributed by atoms with Crippen molar-refractivity contribution in [3.8, 4) is 5.75 Å². The quantitative estimate of drug-likeness (QED) is 0.723. The highest BCUT2D eigenvalue weighted by molar-refractivity contribution is 5.73. The Hall–Kier alpha value is -2.33. The maximum Gasteiger partial charge on any atom is 0.219 e. The largest absolute Gasteiger partial charge is 0.496 e. The molecule has 1 fully saturated rings. The summed E-state index contributed by atoms with van der Waals surface area (Å²) in [4.78, 5) is 16.7. The van der Waals surface area contributed by atoms with Crippen molar-refractivity contribution in [1.82, 2.24) is 9.80 Å². The lowest BCUT2D eigenvalue weighted by molar-refractivity contribution is -0.131. The van der Waals surface area contributed by atoms with Crippen LogP contribution in [0.3, 0.4) is 0 Å². The third kappa shape index (κ3) is 4.74. The smallest absolute Gasteiger partial charge is 0.219 e. The topological polar surface area (TPSA) is 32.8 Å². The molecule has 0 N–H and O–H groups in total. The summed E-state index contributed by atoms with van der Waals surface area (Å²) < 4.78 is 5.66. The minimum atomic E-state index is 0.148. The molecular formula is C24H32N2O2. The van der Waals surface area contributed by atoms with Crippen LogP contribution in [0, 0.1) is 5.92 Å². The Labute approximate surface area is 169 Å². The lowest BCUT2D eigenvalue weighted by Crippen LogP contribution is -2.40. The molecule has 4 heteroatoms. The fourth-order valence-electron chi connectivity index (χ4n) is 4.40. The first-order valence-corrected chi connectivity index (χ1v) is 10.2. The summed E-state index contributed by atoms with van der Waals surface area (Å²) >= 11 is 0. The fraction of sp³-hybridized carbons (Fsp3) is 0.458. The molecule has 3 rings (SSSR count). The SMILES string of the molecule is COc1ccccc1C1CN(Cc2ccccc2)CC1CN(C(C)=O)C(C)C. The van der Waals surface area contributed by atoms with Crippen LogP contribution in [0.2, 0.25) is 0 Å². The Balaban J connectivity index is 1.85. The number of hydrogen-bond acceptors (Lipinski definition) is 3. The van der Waals surface area contributed by atoms with Crippen LogP contribution in [0.5, 0.6) is 5.75 Å². The van der Waals surface area contributed by atoms with Gasteiger partial charge >= 0.3 is 0 Å². The maximum atomic E-state index is 12.2. The number of ether oxygens (including phenoxy) is 1. The second kappa shape index (κ2) is 9.24. The van der Waals surface area contributed by atoms with E-state index in [4.69, 9.17) is 4.74 Å². The zero-order valence-electron chi connectivity index (χ0n) is 17.5. The Bertz CT molecular complexity index is 775. The number of amides is 1. The number of methoxy groups -OCH3 is 1. The predicted octanol–water partition coefficient (Wildman–Crippen LogP) is 4.17. The van der Waals surface area contributed by atoms with Crippen molar-refractivity contribution in [3.63, 3.8) is 0 Å². The van der Waals surface area contributed by atoms with Crippen LogP contribution in [-0.2, 0) is 11.3 Å². The van der Waals surface area contributed by atoms with Gasteiger partial charge < -0.3 is 9.64 Å². The van der Waals surface area contributed by atoms with E-state index in [-0.39, 0.29) is 11.9 Å². The first-order chi connectivity index (χ1) is 13.5. The fourth-order valence-corrected chi connectivity index (χ4v) is 4.40. The van der Waals surface area contributed by atoms with E-state index in [1.165, 1.54) is 11.1 Å². The van der Waals surface area contributed by atoms with Crippen LogP contribution in [0.25, 0.3) is 0 Å². The van der Waals surface area contributed by atoms with Crippen LogP contribution in [0.1, 0.15) is 37.8 Å². The molecule has 0 radical (unpaired) electrons. The molecule has 1 amide bonds. The number of carbonyl (C=O) groups is 1. The van der Waals surface area contributed by atoms with Crippen molar-refractivity contribution in [2.24, 2.45) is 5.92 Å². The highest BCUT2D eigenvalue weighted by atomic mass is 16.5. The molecule has 1 heterocycles. The van der Waals surface area contributed by atoms with E-state index in [1.54, 1.807) is 14.0 Å². The van der Waals surface area contributed by atoms with Gasteiger partial charge in [-0.05, 0) is 37.0 Å². The standard InChI is InChI=1S/C24H32N2O2/c1-18(2)26(19(3)27)16-21-15-25(14-20-10-6-5-7-11-20)17-23(21)22-12-8-9-13-24(22)28-4/h5-13,18,21,23H,14-17H2,1-4H3. The van der Waals surface area contributed by atoms with Gasteiger partial charge in [0.2, 0.25) is 5.91 Å². The van der Waals surface area contributed by atoms with Gasteiger partial charge in [0, 0.05) is 45.1 Å². The number of likely N-dealkylation sites (tertiary alicyclic amines) is 1. The molecule has 0 aliphatic carbocycles. The second-order valence-electron chi connectivity index (χ2n) is 8.05. The van der Waals surface area contributed by atoms with Crippen molar-refractivity contribution < 1.29 is 9.53 Å². The summed E-state index contributed by atoms with van der Waals surface area (Å²) in [5.41, 5.74) is 2.58. The summed E-state index contributed by atoms with van der Waals surface area (Å²) in [7, 11) is 1.74. The van der Waals surface area contributed by atoms with Gasteiger partial charge in [0.1, 0.15) is 5.75 Å². The molecule has 2 unspecified atom stereocenters. The number of para-hydroxylation sites is 1. The molecule has 1 aliphatic rings. The second-order valence-corrected chi connectivity index (χ2v) is 8.05. The Morgan fingerprint density at radius 2 is 1.79 bits per heavy atom. The zero-order chi connectivity index (χ0) is 20.1. The van der Waals surface area contributed by atoms with Crippen LogP contribution in [0.4, 0.5) is 0 Å². The third-order valence-electron chi connectivity index (χ3n) is 5.76. The van der Waals surface area contributed by atoms with Gasteiger partial charge in [-0.15, -0.1) is 0 Å². The van der Waals surface area contributed by atoms with Gasteiger partial charge in [0.25, 0.3) is 0 Å².